The Hall–Kier alpha value is -1.26. The largest absolute Gasteiger partial charge is 0.493 e. The molecule has 0 aliphatic carbocycles. The molecule has 0 fully saturated rings. The van der Waals surface area contributed by atoms with Gasteiger partial charge in [0.05, 0.1) is 6.61 Å². The Labute approximate surface area is 110 Å². The van der Waals surface area contributed by atoms with Crippen LogP contribution in [-0.2, 0) is 4.74 Å². The van der Waals surface area contributed by atoms with Crippen LogP contribution in [0.2, 0.25) is 0 Å². The zero-order valence-corrected chi connectivity index (χ0v) is 11.4. The molecule has 4 heteroatoms. The number of benzene rings is 1. The van der Waals surface area contributed by atoms with E-state index in [0.29, 0.717) is 13.2 Å². The van der Waals surface area contributed by atoms with Crippen molar-refractivity contribution in [1.82, 2.24) is 0 Å². The Bertz CT molecular complexity index is 329. The van der Waals surface area contributed by atoms with Crippen LogP contribution in [0.5, 0.6) is 5.75 Å². The highest BCUT2D eigenvalue weighted by Gasteiger charge is 1.98. The monoisotopic (exact) mass is 252 g/mol. The van der Waals surface area contributed by atoms with Crippen LogP contribution in [0.15, 0.2) is 24.3 Å². The predicted molar refractivity (Wildman–Crippen MR) is 75.4 cm³/mol. The van der Waals surface area contributed by atoms with Gasteiger partial charge in [0, 0.05) is 45.5 Å². The van der Waals surface area contributed by atoms with Crippen LogP contribution in [0.3, 0.4) is 0 Å². The van der Waals surface area contributed by atoms with E-state index in [4.69, 9.17) is 15.2 Å². The van der Waals surface area contributed by atoms with E-state index < -0.39 is 0 Å². The quantitative estimate of drug-likeness (QED) is 0.682. The third-order valence-electron chi connectivity index (χ3n) is 2.53. The zero-order chi connectivity index (χ0) is 13.2. The van der Waals surface area contributed by atoms with E-state index in [1.165, 1.54) is 0 Å². The molecule has 1 aromatic carbocycles. The fourth-order valence-electron chi connectivity index (χ4n) is 1.49. The lowest BCUT2D eigenvalue weighted by Gasteiger charge is -2.14. The Kier molecular flexibility index (Phi) is 7.22. The second-order valence-electron chi connectivity index (χ2n) is 4.35. The summed E-state index contributed by atoms with van der Waals surface area (Å²) < 4.78 is 11.1. The third-order valence-corrected chi connectivity index (χ3v) is 2.53. The van der Waals surface area contributed by atoms with Gasteiger partial charge in [-0.15, -0.1) is 0 Å². The Morgan fingerprint density at radius 2 is 1.89 bits per heavy atom. The number of hydrogen-bond acceptors (Lipinski definition) is 4. The second kappa shape index (κ2) is 8.78. The molecule has 0 aromatic heterocycles. The molecule has 0 radical (unpaired) electrons. The maximum Gasteiger partial charge on any atom is 0.121 e. The molecule has 102 valence electrons. The van der Waals surface area contributed by atoms with Gasteiger partial charge in [-0.05, 0) is 25.1 Å². The summed E-state index contributed by atoms with van der Waals surface area (Å²) in [6, 6.07) is 8.07. The summed E-state index contributed by atoms with van der Waals surface area (Å²) in [6.07, 6.45) is 1.82. The van der Waals surface area contributed by atoms with Crippen LogP contribution in [0.1, 0.15) is 12.8 Å². The van der Waals surface area contributed by atoms with Crippen molar-refractivity contribution in [2.24, 2.45) is 5.73 Å². The van der Waals surface area contributed by atoms with Crippen molar-refractivity contribution in [1.29, 1.82) is 0 Å². The molecule has 0 amide bonds. The average molecular weight is 252 g/mol. The maximum absolute atomic E-state index is 5.67. The first-order valence-electron chi connectivity index (χ1n) is 6.42. The van der Waals surface area contributed by atoms with E-state index in [9.17, 15) is 0 Å². The van der Waals surface area contributed by atoms with Crippen molar-refractivity contribution in [2.75, 3.05) is 45.4 Å². The summed E-state index contributed by atoms with van der Waals surface area (Å²) in [5.41, 5.74) is 6.52. The molecule has 0 aliphatic heterocycles. The summed E-state index contributed by atoms with van der Waals surface area (Å²) in [5, 5.41) is 0. The van der Waals surface area contributed by atoms with Crippen LogP contribution < -0.4 is 15.4 Å². The normalized spacial score (nSPS) is 10.4. The molecule has 0 saturated carbocycles. The molecule has 4 nitrogen and oxygen atoms in total. The SMILES string of the molecule is CN(C)c1cccc(OCCCOCCCN)c1. The molecule has 0 aliphatic rings. The number of rotatable bonds is 9. The number of ether oxygens (including phenoxy) is 2. The highest BCUT2D eigenvalue weighted by molar-refractivity contribution is 5.49. The van der Waals surface area contributed by atoms with Gasteiger partial charge in [-0.25, -0.2) is 0 Å². The first kappa shape index (κ1) is 14.8. The van der Waals surface area contributed by atoms with E-state index >= 15 is 0 Å². The minimum atomic E-state index is 0.680. The van der Waals surface area contributed by atoms with E-state index in [2.05, 4.69) is 11.0 Å². The highest BCUT2D eigenvalue weighted by atomic mass is 16.5. The van der Waals surface area contributed by atoms with Gasteiger partial charge in [0.15, 0.2) is 0 Å². The molecule has 0 spiro atoms. The van der Waals surface area contributed by atoms with Crippen molar-refractivity contribution in [3.8, 4) is 5.75 Å². The van der Waals surface area contributed by atoms with Crippen LogP contribution in [0.25, 0.3) is 0 Å². The lowest BCUT2D eigenvalue weighted by Crippen LogP contribution is -2.09. The van der Waals surface area contributed by atoms with Gasteiger partial charge in [0.25, 0.3) is 0 Å². The van der Waals surface area contributed by atoms with Gasteiger partial charge < -0.3 is 20.1 Å². The molecule has 0 atom stereocenters. The summed E-state index contributed by atoms with van der Waals surface area (Å²) >= 11 is 0. The van der Waals surface area contributed by atoms with Crippen LogP contribution >= 0.6 is 0 Å². The summed E-state index contributed by atoms with van der Waals surface area (Å²) in [5.74, 6) is 0.906. The first-order chi connectivity index (χ1) is 8.74. The smallest absolute Gasteiger partial charge is 0.121 e. The minimum absolute atomic E-state index is 0.680. The number of nitrogens with two attached hydrogens (primary N) is 1. The molecule has 0 saturated heterocycles. The van der Waals surface area contributed by atoms with Crippen molar-refractivity contribution in [3.63, 3.8) is 0 Å². The number of nitrogens with zero attached hydrogens (tertiary/aromatic N) is 1. The summed E-state index contributed by atoms with van der Waals surface area (Å²) in [7, 11) is 4.04. The van der Waals surface area contributed by atoms with Gasteiger partial charge in [-0.2, -0.15) is 0 Å². The molecule has 18 heavy (non-hydrogen) atoms. The van der Waals surface area contributed by atoms with Crippen LogP contribution in [0, 0.1) is 0 Å². The molecular weight excluding hydrogens is 228 g/mol. The first-order valence-corrected chi connectivity index (χ1v) is 6.42. The third kappa shape index (κ3) is 5.89. The van der Waals surface area contributed by atoms with Gasteiger partial charge >= 0.3 is 0 Å². The fraction of sp³-hybridized carbons (Fsp3) is 0.571. The van der Waals surface area contributed by atoms with E-state index in [1.807, 2.05) is 32.3 Å². The Morgan fingerprint density at radius 3 is 2.61 bits per heavy atom. The topological polar surface area (TPSA) is 47.7 Å². The molecule has 0 bridgehead atoms. The summed E-state index contributed by atoms with van der Waals surface area (Å²) in [4.78, 5) is 2.06. The molecule has 0 heterocycles. The molecule has 2 N–H and O–H groups in total. The van der Waals surface area contributed by atoms with Gasteiger partial charge in [-0.3, -0.25) is 0 Å². The second-order valence-corrected chi connectivity index (χ2v) is 4.35. The Balaban J connectivity index is 2.17. The predicted octanol–water partition coefficient (Wildman–Crippen LogP) is 1.89. The lowest BCUT2D eigenvalue weighted by atomic mass is 10.3. The van der Waals surface area contributed by atoms with Crippen LogP contribution in [-0.4, -0.2) is 40.5 Å². The van der Waals surface area contributed by atoms with Crippen molar-refractivity contribution >= 4 is 5.69 Å². The van der Waals surface area contributed by atoms with E-state index in [0.717, 1.165) is 37.5 Å². The van der Waals surface area contributed by atoms with Gasteiger partial charge in [0.1, 0.15) is 5.75 Å². The Morgan fingerprint density at radius 1 is 1.11 bits per heavy atom. The molecule has 0 unspecified atom stereocenters. The maximum atomic E-state index is 5.67. The molecule has 1 aromatic rings. The number of hydrogen-bond donors (Lipinski definition) is 1. The molecular formula is C14H24N2O2. The van der Waals surface area contributed by atoms with Crippen molar-refractivity contribution in [3.05, 3.63) is 24.3 Å². The minimum Gasteiger partial charge on any atom is -0.493 e. The van der Waals surface area contributed by atoms with E-state index in [1.54, 1.807) is 0 Å². The van der Waals surface area contributed by atoms with Crippen LogP contribution in [0.4, 0.5) is 5.69 Å². The fourth-order valence-corrected chi connectivity index (χ4v) is 1.49. The van der Waals surface area contributed by atoms with Crippen molar-refractivity contribution in [2.45, 2.75) is 12.8 Å². The number of anilines is 1. The zero-order valence-electron chi connectivity index (χ0n) is 11.4. The molecule has 1 rings (SSSR count). The standard InChI is InChI=1S/C14H24N2O2/c1-16(2)13-6-3-7-14(12-13)18-11-5-10-17-9-4-8-15/h3,6-7,12H,4-5,8-11,15H2,1-2H3. The van der Waals surface area contributed by atoms with Crippen molar-refractivity contribution < 1.29 is 9.47 Å². The lowest BCUT2D eigenvalue weighted by molar-refractivity contribution is 0.118. The summed E-state index contributed by atoms with van der Waals surface area (Å²) in [6.45, 7) is 2.84. The van der Waals surface area contributed by atoms with Gasteiger partial charge in [-0.1, -0.05) is 6.07 Å². The average Bonchev–Trinajstić information content (AvgIpc) is 2.38. The van der Waals surface area contributed by atoms with E-state index in [-0.39, 0.29) is 0 Å². The highest BCUT2D eigenvalue weighted by Crippen LogP contribution is 2.19. The van der Waals surface area contributed by atoms with Gasteiger partial charge in [0.2, 0.25) is 0 Å².